The Bertz CT molecular complexity index is 998. The fraction of sp³-hybridized carbons (Fsp3) is 0.0526. The van der Waals surface area contributed by atoms with E-state index in [0.717, 1.165) is 16.3 Å². The molecule has 25 heavy (non-hydrogen) atoms. The van der Waals surface area contributed by atoms with Crippen LogP contribution in [-0.2, 0) is 0 Å². The minimum absolute atomic E-state index is 0.0884. The van der Waals surface area contributed by atoms with Crippen molar-refractivity contribution < 1.29 is 19.4 Å². The van der Waals surface area contributed by atoms with Gasteiger partial charge in [0, 0.05) is 0 Å². The smallest absolute Gasteiger partial charge is 0.275 e. The first-order valence-electron chi connectivity index (χ1n) is 7.65. The standard InChI is InChI=1S/C19H14N2O4/c22-16-9-14-4-2-1-3-13(14)8-15(16)19(23)21-20-10-12-5-6-17-18(7-12)25-11-24-17/h1-10,22H,11H2,(H,21,23)/b20-10-. The van der Waals surface area contributed by atoms with E-state index in [-0.39, 0.29) is 18.1 Å². The van der Waals surface area contributed by atoms with Gasteiger partial charge in [-0.2, -0.15) is 5.10 Å². The molecule has 0 aliphatic carbocycles. The zero-order chi connectivity index (χ0) is 17.2. The van der Waals surface area contributed by atoms with E-state index in [0.29, 0.717) is 11.5 Å². The number of carbonyl (C=O) groups excluding carboxylic acids is 1. The van der Waals surface area contributed by atoms with Crippen LogP contribution in [0.15, 0.2) is 59.7 Å². The largest absolute Gasteiger partial charge is 0.507 e. The van der Waals surface area contributed by atoms with Crippen molar-refractivity contribution in [3.63, 3.8) is 0 Å². The Morgan fingerprint density at radius 1 is 1.04 bits per heavy atom. The molecule has 4 rings (SSSR count). The third kappa shape index (κ3) is 2.97. The molecule has 0 radical (unpaired) electrons. The van der Waals surface area contributed by atoms with Gasteiger partial charge in [0.2, 0.25) is 6.79 Å². The number of fused-ring (bicyclic) bond motifs is 2. The van der Waals surface area contributed by atoms with E-state index in [9.17, 15) is 9.90 Å². The van der Waals surface area contributed by atoms with Crippen LogP contribution in [-0.4, -0.2) is 24.0 Å². The highest BCUT2D eigenvalue weighted by Crippen LogP contribution is 2.32. The molecule has 0 saturated heterocycles. The predicted molar refractivity (Wildman–Crippen MR) is 93.2 cm³/mol. The van der Waals surface area contributed by atoms with Gasteiger partial charge in [-0.1, -0.05) is 24.3 Å². The summed E-state index contributed by atoms with van der Waals surface area (Å²) < 4.78 is 10.5. The number of benzene rings is 3. The van der Waals surface area contributed by atoms with Gasteiger partial charge in [-0.3, -0.25) is 4.79 Å². The molecule has 0 unspecified atom stereocenters. The maximum atomic E-state index is 12.3. The van der Waals surface area contributed by atoms with Crippen molar-refractivity contribution >= 4 is 22.9 Å². The van der Waals surface area contributed by atoms with Crippen molar-refractivity contribution in [2.24, 2.45) is 5.10 Å². The number of hydrazone groups is 1. The molecule has 0 saturated carbocycles. The third-order valence-corrected chi connectivity index (χ3v) is 3.88. The van der Waals surface area contributed by atoms with Crippen LogP contribution in [0.1, 0.15) is 15.9 Å². The number of aromatic hydroxyl groups is 1. The molecule has 1 aliphatic rings. The summed E-state index contributed by atoms with van der Waals surface area (Å²) in [5.74, 6) is 0.749. The third-order valence-electron chi connectivity index (χ3n) is 3.88. The second-order valence-corrected chi connectivity index (χ2v) is 5.53. The van der Waals surface area contributed by atoms with Crippen LogP contribution in [0.25, 0.3) is 10.8 Å². The number of hydrogen-bond acceptors (Lipinski definition) is 5. The van der Waals surface area contributed by atoms with Crippen LogP contribution in [0.3, 0.4) is 0 Å². The summed E-state index contributed by atoms with van der Waals surface area (Å²) in [6, 6.07) is 16.0. The molecular weight excluding hydrogens is 320 g/mol. The number of phenolic OH excluding ortho intramolecular Hbond substituents is 1. The molecule has 6 heteroatoms. The van der Waals surface area contributed by atoms with Crippen molar-refractivity contribution in [1.29, 1.82) is 0 Å². The van der Waals surface area contributed by atoms with Crippen LogP contribution in [0.5, 0.6) is 17.2 Å². The van der Waals surface area contributed by atoms with E-state index in [2.05, 4.69) is 10.5 Å². The van der Waals surface area contributed by atoms with Crippen molar-refractivity contribution in [2.45, 2.75) is 0 Å². The van der Waals surface area contributed by atoms with E-state index >= 15 is 0 Å². The quantitative estimate of drug-likeness (QED) is 0.570. The Morgan fingerprint density at radius 2 is 1.80 bits per heavy atom. The minimum atomic E-state index is -0.486. The maximum absolute atomic E-state index is 12.3. The van der Waals surface area contributed by atoms with Gasteiger partial charge in [-0.25, -0.2) is 5.43 Å². The Labute approximate surface area is 143 Å². The van der Waals surface area contributed by atoms with Gasteiger partial charge in [-0.05, 0) is 46.7 Å². The summed E-state index contributed by atoms with van der Waals surface area (Å²) in [4.78, 5) is 12.3. The fourth-order valence-electron chi connectivity index (χ4n) is 2.63. The van der Waals surface area contributed by atoms with Gasteiger partial charge in [0.1, 0.15) is 5.75 Å². The van der Waals surface area contributed by atoms with E-state index in [4.69, 9.17) is 9.47 Å². The molecule has 1 heterocycles. The lowest BCUT2D eigenvalue weighted by Crippen LogP contribution is -2.17. The first-order chi connectivity index (χ1) is 12.2. The highest BCUT2D eigenvalue weighted by Gasteiger charge is 2.13. The second-order valence-electron chi connectivity index (χ2n) is 5.53. The van der Waals surface area contributed by atoms with Crippen LogP contribution in [0, 0.1) is 0 Å². The van der Waals surface area contributed by atoms with Gasteiger partial charge in [0.25, 0.3) is 5.91 Å². The van der Waals surface area contributed by atoms with Crippen LogP contribution in [0.4, 0.5) is 0 Å². The molecule has 6 nitrogen and oxygen atoms in total. The summed E-state index contributed by atoms with van der Waals surface area (Å²) in [5.41, 5.74) is 3.34. The first-order valence-corrected chi connectivity index (χ1v) is 7.65. The van der Waals surface area contributed by atoms with Crippen molar-refractivity contribution in [2.75, 3.05) is 6.79 Å². The molecule has 0 aromatic heterocycles. The molecule has 124 valence electrons. The zero-order valence-electron chi connectivity index (χ0n) is 13.1. The molecular formula is C19H14N2O4. The molecule has 1 amide bonds. The molecule has 0 bridgehead atoms. The SMILES string of the molecule is O=C(N/N=C\c1ccc2c(c1)OCO2)c1cc2ccccc2cc1O. The van der Waals surface area contributed by atoms with Crippen LogP contribution >= 0.6 is 0 Å². The number of nitrogens with zero attached hydrogens (tertiary/aromatic N) is 1. The van der Waals surface area contributed by atoms with E-state index in [1.165, 1.54) is 6.21 Å². The second kappa shape index (κ2) is 6.16. The average molecular weight is 334 g/mol. The van der Waals surface area contributed by atoms with Crippen molar-refractivity contribution in [1.82, 2.24) is 5.43 Å². The summed E-state index contributed by atoms with van der Waals surface area (Å²) >= 11 is 0. The lowest BCUT2D eigenvalue weighted by molar-refractivity contribution is 0.0952. The molecule has 3 aromatic carbocycles. The Morgan fingerprint density at radius 3 is 2.64 bits per heavy atom. The van der Waals surface area contributed by atoms with E-state index < -0.39 is 5.91 Å². The van der Waals surface area contributed by atoms with Gasteiger partial charge >= 0.3 is 0 Å². The van der Waals surface area contributed by atoms with E-state index in [1.807, 2.05) is 24.3 Å². The minimum Gasteiger partial charge on any atom is -0.507 e. The number of hydrogen-bond donors (Lipinski definition) is 2. The molecule has 0 fully saturated rings. The summed E-state index contributed by atoms with van der Waals surface area (Å²) in [5, 5.41) is 15.7. The van der Waals surface area contributed by atoms with Crippen molar-refractivity contribution in [3.05, 3.63) is 65.7 Å². The van der Waals surface area contributed by atoms with Crippen LogP contribution in [0.2, 0.25) is 0 Å². The molecule has 0 spiro atoms. The highest BCUT2D eigenvalue weighted by molar-refractivity contribution is 6.01. The summed E-state index contributed by atoms with van der Waals surface area (Å²) in [6.07, 6.45) is 1.50. The maximum Gasteiger partial charge on any atom is 0.275 e. The Hall–Kier alpha value is -3.54. The van der Waals surface area contributed by atoms with E-state index in [1.54, 1.807) is 30.3 Å². The summed E-state index contributed by atoms with van der Waals surface area (Å²) in [7, 11) is 0. The number of carbonyl (C=O) groups is 1. The Balaban J connectivity index is 1.51. The van der Waals surface area contributed by atoms with Gasteiger partial charge in [-0.15, -0.1) is 0 Å². The topological polar surface area (TPSA) is 80.2 Å². The number of amides is 1. The van der Waals surface area contributed by atoms with Gasteiger partial charge in [0.05, 0.1) is 11.8 Å². The fourth-order valence-corrected chi connectivity index (χ4v) is 2.63. The first kappa shape index (κ1) is 15.0. The lowest BCUT2D eigenvalue weighted by Gasteiger charge is -2.05. The molecule has 0 atom stereocenters. The number of nitrogens with one attached hydrogen (secondary N) is 1. The summed E-state index contributed by atoms with van der Waals surface area (Å²) in [6.45, 7) is 0.202. The van der Waals surface area contributed by atoms with Gasteiger partial charge in [0.15, 0.2) is 11.5 Å². The lowest BCUT2D eigenvalue weighted by atomic mass is 10.1. The van der Waals surface area contributed by atoms with Gasteiger partial charge < -0.3 is 14.6 Å². The Kier molecular flexibility index (Phi) is 3.70. The monoisotopic (exact) mass is 334 g/mol. The average Bonchev–Trinajstić information content (AvgIpc) is 3.09. The van der Waals surface area contributed by atoms with Crippen molar-refractivity contribution in [3.8, 4) is 17.2 Å². The number of rotatable bonds is 3. The highest BCUT2D eigenvalue weighted by atomic mass is 16.7. The number of phenols is 1. The zero-order valence-corrected chi connectivity index (χ0v) is 13.1. The normalized spacial score (nSPS) is 12.6. The molecule has 2 N–H and O–H groups in total. The number of ether oxygens (including phenoxy) is 2. The molecule has 3 aromatic rings. The predicted octanol–water partition coefficient (Wildman–Crippen LogP) is 3.04. The molecule has 1 aliphatic heterocycles. The van der Waals surface area contributed by atoms with Crippen LogP contribution < -0.4 is 14.9 Å².